The molecule has 110 valence electrons. The van der Waals surface area contributed by atoms with E-state index in [1.165, 1.54) is 0 Å². The monoisotopic (exact) mass is 324 g/mol. The van der Waals surface area contributed by atoms with Crippen molar-refractivity contribution in [3.8, 4) is 5.75 Å². The van der Waals surface area contributed by atoms with Gasteiger partial charge in [-0.2, -0.15) is 0 Å². The highest BCUT2D eigenvalue weighted by Gasteiger charge is 2.21. The van der Waals surface area contributed by atoms with E-state index in [-0.39, 0.29) is 6.42 Å². The van der Waals surface area contributed by atoms with Gasteiger partial charge in [0.15, 0.2) is 6.10 Å². The maximum Gasteiger partial charge on any atom is 0.345 e. The summed E-state index contributed by atoms with van der Waals surface area (Å²) in [5, 5.41) is 10.4. The normalized spacial score (nSPS) is 12.0. The zero-order valence-electron chi connectivity index (χ0n) is 11.3. The van der Waals surface area contributed by atoms with Crippen LogP contribution >= 0.6 is 23.2 Å². The second-order valence-electron chi connectivity index (χ2n) is 4.68. The van der Waals surface area contributed by atoms with Crippen LogP contribution in [0.1, 0.15) is 11.1 Å². The number of benzene rings is 2. The molecule has 0 aromatic heterocycles. The summed E-state index contributed by atoms with van der Waals surface area (Å²) in [6.45, 7) is 1.91. The molecule has 2 aromatic carbocycles. The number of ether oxygens (including phenoxy) is 1. The molecule has 0 aliphatic rings. The highest BCUT2D eigenvalue weighted by Crippen LogP contribution is 2.22. The van der Waals surface area contributed by atoms with Gasteiger partial charge in [-0.15, -0.1) is 0 Å². The number of rotatable bonds is 5. The lowest BCUT2D eigenvalue weighted by Gasteiger charge is -2.16. The Morgan fingerprint density at radius 3 is 2.57 bits per heavy atom. The number of aliphatic carboxylic acids is 1. The van der Waals surface area contributed by atoms with Gasteiger partial charge in [-0.25, -0.2) is 4.79 Å². The molecule has 0 amide bonds. The fraction of sp³-hybridized carbons (Fsp3) is 0.188. The molecule has 5 heteroatoms. The minimum absolute atomic E-state index is 0.230. The Labute approximate surface area is 133 Å². The zero-order chi connectivity index (χ0) is 15.4. The Balaban J connectivity index is 2.20. The van der Waals surface area contributed by atoms with Crippen LogP contribution in [0.4, 0.5) is 0 Å². The third-order valence-corrected chi connectivity index (χ3v) is 3.54. The average Bonchev–Trinajstić information content (AvgIpc) is 2.42. The maximum atomic E-state index is 11.4. The van der Waals surface area contributed by atoms with Gasteiger partial charge < -0.3 is 9.84 Å². The fourth-order valence-corrected chi connectivity index (χ4v) is 2.32. The number of aryl methyl sites for hydroxylation is 1. The van der Waals surface area contributed by atoms with E-state index >= 15 is 0 Å². The lowest BCUT2D eigenvalue weighted by atomic mass is 10.0. The molecule has 3 nitrogen and oxygen atoms in total. The number of carboxylic acids is 1. The molecule has 2 aromatic rings. The van der Waals surface area contributed by atoms with E-state index in [1.807, 2.05) is 13.0 Å². The number of carbonyl (C=O) groups is 1. The third kappa shape index (κ3) is 4.38. The minimum Gasteiger partial charge on any atom is -0.478 e. The predicted molar refractivity (Wildman–Crippen MR) is 83.4 cm³/mol. The van der Waals surface area contributed by atoms with Crippen LogP contribution in [0, 0.1) is 6.92 Å². The second kappa shape index (κ2) is 6.83. The average molecular weight is 325 g/mol. The summed E-state index contributed by atoms with van der Waals surface area (Å²) in [6, 6.07) is 12.1. The van der Waals surface area contributed by atoms with Gasteiger partial charge in [0.2, 0.25) is 0 Å². The first-order valence-electron chi connectivity index (χ1n) is 6.36. The smallest absolute Gasteiger partial charge is 0.345 e. The van der Waals surface area contributed by atoms with Crippen LogP contribution in [0.3, 0.4) is 0 Å². The second-order valence-corrected chi connectivity index (χ2v) is 5.55. The van der Waals surface area contributed by atoms with Gasteiger partial charge in [-0.1, -0.05) is 35.3 Å². The van der Waals surface area contributed by atoms with Gasteiger partial charge in [-0.3, -0.25) is 0 Å². The minimum atomic E-state index is -1.03. The number of halogens is 2. The SMILES string of the molecule is Cc1ccc(Cl)cc1C[C@@H](Oc1cccc(Cl)c1)C(=O)O. The summed E-state index contributed by atoms with van der Waals surface area (Å²) in [5.74, 6) is -0.607. The summed E-state index contributed by atoms with van der Waals surface area (Å²) in [5.41, 5.74) is 1.82. The molecule has 0 saturated carbocycles. The van der Waals surface area contributed by atoms with Crippen molar-refractivity contribution in [2.75, 3.05) is 0 Å². The predicted octanol–water partition coefficient (Wildman–Crippen LogP) is 4.38. The lowest BCUT2D eigenvalue weighted by Crippen LogP contribution is -2.29. The molecule has 2 rings (SSSR count). The molecule has 1 N–H and O–H groups in total. The van der Waals surface area contributed by atoms with Gasteiger partial charge in [0, 0.05) is 16.5 Å². The molecule has 21 heavy (non-hydrogen) atoms. The van der Waals surface area contributed by atoms with Gasteiger partial charge in [0.25, 0.3) is 0 Å². The molecule has 0 aliphatic heterocycles. The van der Waals surface area contributed by atoms with Crippen LogP contribution in [0.25, 0.3) is 0 Å². The number of hydrogen-bond donors (Lipinski definition) is 1. The molecule has 0 unspecified atom stereocenters. The Morgan fingerprint density at radius 2 is 1.90 bits per heavy atom. The van der Waals surface area contributed by atoms with Crippen molar-refractivity contribution >= 4 is 29.2 Å². The summed E-state index contributed by atoms with van der Waals surface area (Å²) in [4.78, 5) is 11.4. The van der Waals surface area contributed by atoms with E-state index < -0.39 is 12.1 Å². The molecule has 0 aliphatic carbocycles. The topological polar surface area (TPSA) is 46.5 Å². The van der Waals surface area contributed by atoms with Crippen LogP contribution in [0.15, 0.2) is 42.5 Å². The van der Waals surface area contributed by atoms with Crippen molar-refractivity contribution in [2.45, 2.75) is 19.4 Å². The fourth-order valence-electron chi connectivity index (χ4n) is 1.94. The van der Waals surface area contributed by atoms with Gasteiger partial charge in [0.1, 0.15) is 5.75 Å². The first-order chi connectivity index (χ1) is 9.95. The zero-order valence-corrected chi connectivity index (χ0v) is 12.9. The first kappa shape index (κ1) is 15.7. The summed E-state index contributed by atoms with van der Waals surface area (Å²) < 4.78 is 5.53. The van der Waals surface area contributed by atoms with E-state index in [0.29, 0.717) is 15.8 Å². The van der Waals surface area contributed by atoms with Gasteiger partial charge in [0.05, 0.1) is 0 Å². The molecular weight excluding hydrogens is 311 g/mol. The number of hydrogen-bond acceptors (Lipinski definition) is 2. The van der Waals surface area contributed by atoms with Crippen LogP contribution < -0.4 is 4.74 Å². The van der Waals surface area contributed by atoms with Crippen LogP contribution in [0.5, 0.6) is 5.75 Å². The van der Waals surface area contributed by atoms with Crippen molar-refractivity contribution < 1.29 is 14.6 Å². The Hall–Kier alpha value is -1.71. The largest absolute Gasteiger partial charge is 0.478 e. The van der Waals surface area contributed by atoms with Crippen LogP contribution in [0.2, 0.25) is 10.0 Å². The van der Waals surface area contributed by atoms with E-state index in [2.05, 4.69) is 0 Å². The van der Waals surface area contributed by atoms with E-state index in [9.17, 15) is 9.90 Å². The quantitative estimate of drug-likeness (QED) is 0.887. The molecular formula is C16H14Cl2O3. The van der Waals surface area contributed by atoms with E-state index in [0.717, 1.165) is 11.1 Å². The molecule has 0 heterocycles. The summed E-state index contributed by atoms with van der Waals surface area (Å²) in [7, 11) is 0. The standard InChI is InChI=1S/C16H14Cl2O3/c1-10-5-6-13(18)7-11(10)8-15(16(19)20)21-14-4-2-3-12(17)9-14/h2-7,9,15H,8H2,1H3,(H,19,20)/t15-/m1/s1. The summed E-state index contributed by atoms with van der Waals surface area (Å²) in [6.07, 6.45) is -0.769. The van der Waals surface area contributed by atoms with Crippen molar-refractivity contribution in [1.82, 2.24) is 0 Å². The van der Waals surface area contributed by atoms with Crippen molar-refractivity contribution in [1.29, 1.82) is 0 Å². The molecule has 1 atom stereocenters. The van der Waals surface area contributed by atoms with Gasteiger partial charge >= 0.3 is 5.97 Å². The lowest BCUT2D eigenvalue weighted by molar-refractivity contribution is -0.145. The first-order valence-corrected chi connectivity index (χ1v) is 7.11. The van der Waals surface area contributed by atoms with E-state index in [4.69, 9.17) is 27.9 Å². The molecule has 0 bridgehead atoms. The maximum absolute atomic E-state index is 11.4. The molecule has 0 radical (unpaired) electrons. The van der Waals surface area contributed by atoms with Crippen molar-refractivity contribution in [3.05, 3.63) is 63.6 Å². The van der Waals surface area contributed by atoms with Gasteiger partial charge in [-0.05, 0) is 48.4 Å². The third-order valence-electron chi connectivity index (χ3n) is 3.07. The number of carboxylic acid groups (broad SMARTS) is 1. The highest BCUT2D eigenvalue weighted by atomic mass is 35.5. The summed E-state index contributed by atoms with van der Waals surface area (Å²) >= 11 is 11.8. The Morgan fingerprint density at radius 1 is 1.19 bits per heavy atom. The van der Waals surface area contributed by atoms with Crippen molar-refractivity contribution in [2.24, 2.45) is 0 Å². The molecule has 0 fully saturated rings. The Kier molecular flexibility index (Phi) is 5.10. The molecule has 0 saturated heterocycles. The van der Waals surface area contributed by atoms with Crippen LogP contribution in [-0.4, -0.2) is 17.2 Å². The highest BCUT2D eigenvalue weighted by molar-refractivity contribution is 6.31. The van der Waals surface area contributed by atoms with E-state index in [1.54, 1.807) is 36.4 Å². The van der Waals surface area contributed by atoms with Crippen LogP contribution in [-0.2, 0) is 11.2 Å². The Bertz CT molecular complexity index is 656. The van der Waals surface area contributed by atoms with Crippen molar-refractivity contribution in [3.63, 3.8) is 0 Å². The molecule has 0 spiro atoms.